The van der Waals surface area contributed by atoms with E-state index in [1.54, 1.807) is 12.1 Å². The molecule has 0 aliphatic heterocycles. The first kappa shape index (κ1) is 33.1. The molecule has 0 saturated heterocycles. The molecule has 12 nitrogen and oxygen atoms in total. The predicted octanol–water partition coefficient (Wildman–Crippen LogP) is 2.78. The van der Waals surface area contributed by atoms with Gasteiger partial charge in [0.05, 0.1) is 12.2 Å². The Kier molecular flexibility index (Phi) is 16.2. The number of aromatic carboxylic acids is 1. The molecular formula is C27H38N2O10. The molecule has 0 unspecified atom stereocenters. The zero-order valence-electron chi connectivity index (χ0n) is 21.9. The van der Waals surface area contributed by atoms with Gasteiger partial charge in [-0.25, -0.2) is 14.4 Å². The van der Waals surface area contributed by atoms with Gasteiger partial charge in [0.1, 0.15) is 24.1 Å². The minimum Gasteiger partial charge on any atom is -0.494 e. The summed E-state index contributed by atoms with van der Waals surface area (Å²) >= 11 is 0. The highest BCUT2D eigenvalue weighted by Gasteiger charge is 2.23. The molecule has 0 bridgehead atoms. The molecular weight excluding hydrogens is 512 g/mol. The molecule has 39 heavy (non-hydrogen) atoms. The molecule has 1 aromatic carbocycles. The number of unbranched alkanes of at least 4 members (excludes halogenated alkanes) is 6. The first-order valence-corrected chi connectivity index (χ1v) is 13.1. The summed E-state index contributed by atoms with van der Waals surface area (Å²) in [5.41, 5.74) is 0.211. The zero-order chi connectivity index (χ0) is 29.0. The normalized spacial score (nSPS) is 12.1. The molecule has 0 fully saturated rings. The van der Waals surface area contributed by atoms with E-state index in [1.807, 2.05) is 0 Å². The summed E-state index contributed by atoms with van der Waals surface area (Å²) in [6, 6.07) is 3.75. The number of ether oxygens (including phenoxy) is 1. The molecule has 2 amide bonds. The molecule has 0 spiro atoms. The van der Waals surface area contributed by atoms with Gasteiger partial charge in [0.25, 0.3) is 0 Å². The van der Waals surface area contributed by atoms with Gasteiger partial charge in [0, 0.05) is 19.3 Å². The van der Waals surface area contributed by atoms with E-state index in [0.717, 1.165) is 38.5 Å². The van der Waals surface area contributed by atoms with Gasteiger partial charge in [0.15, 0.2) is 0 Å². The van der Waals surface area contributed by atoms with Crippen LogP contribution in [0.25, 0.3) is 0 Å². The number of benzene rings is 1. The van der Waals surface area contributed by atoms with Crippen LogP contribution < -0.4 is 15.4 Å². The number of rotatable bonds is 22. The van der Waals surface area contributed by atoms with E-state index >= 15 is 0 Å². The Labute approximate surface area is 227 Å². The van der Waals surface area contributed by atoms with Crippen LogP contribution in [0.5, 0.6) is 5.75 Å². The Morgan fingerprint density at radius 2 is 1.23 bits per heavy atom. The average Bonchev–Trinajstić information content (AvgIpc) is 2.89. The Bertz CT molecular complexity index is 948. The molecule has 0 aliphatic rings. The number of carbonyl (C=O) groups is 6. The van der Waals surface area contributed by atoms with Gasteiger partial charge >= 0.3 is 17.9 Å². The third-order valence-electron chi connectivity index (χ3n) is 5.92. The number of carbonyl (C=O) groups excluding carboxylic acids is 3. The van der Waals surface area contributed by atoms with Crippen molar-refractivity contribution in [3.63, 3.8) is 0 Å². The summed E-state index contributed by atoms with van der Waals surface area (Å²) in [4.78, 5) is 68.0. The molecule has 0 saturated carbocycles. The Morgan fingerprint density at radius 3 is 1.77 bits per heavy atom. The summed E-state index contributed by atoms with van der Waals surface area (Å²) in [5, 5.41) is 32.0. The minimum atomic E-state index is -1.29. The van der Waals surface area contributed by atoms with Crippen molar-refractivity contribution in [2.75, 3.05) is 6.61 Å². The van der Waals surface area contributed by atoms with E-state index in [2.05, 4.69) is 10.6 Å². The van der Waals surface area contributed by atoms with E-state index in [4.69, 9.17) is 14.9 Å². The average molecular weight is 551 g/mol. The number of aldehydes is 1. The van der Waals surface area contributed by atoms with Crippen LogP contribution in [0.15, 0.2) is 24.3 Å². The third kappa shape index (κ3) is 15.1. The standard InChI is InChI=1S/C27H38N2O10/c30-17-8-9-21(26(35)36)28-24(32)16-15-22(27(37)38)29-23(31)10-6-4-2-1-3-5-7-18-39-20-13-11-19(12-14-20)25(33)34/h11-14,17,21-22H,1-10,15-16,18H2,(H,28,32)(H,29,31)(H,33,34)(H,35,36)(H,37,38)/t21-,22-/m0/s1. The largest absolute Gasteiger partial charge is 0.494 e. The van der Waals surface area contributed by atoms with Gasteiger partial charge in [-0.3, -0.25) is 9.59 Å². The van der Waals surface area contributed by atoms with Gasteiger partial charge in [-0.2, -0.15) is 0 Å². The first-order chi connectivity index (χ1) is 18.6. The van der Waals surface area contributed by atoms with Crippen LogP contribution in [-0.2, 0) is 24.0 Å². The zero-order valence-corrected chi connectivity index (χ0v) is 21.9. The van der Waals surface area contributed by atoms with E-state index in [9.17, 15) is 33.9 Å². The quantitative estimate of drug-likeness (QED) is 0.106. The highest BCUT2D eigenvalue weighted by atomic mass is 16.5. The lowest BCUT2D eigenvalue weighted by Gasteiger charge is -2.16. The summed E-state index contributed by atoms with van der Waals surface area (Å²) < 4.78 is 5.59. The second-order valence-corrected chi connectivity index (χ2v) is 9.10. The van der Waals surface area contributed by atoms with Gasteiger partial charge in [0.2, 0.25) is 11.8 Å². The monoisotopic (exact) mass is 550 g/mol. The number of carboxylic acid groups (broad SMARTS) is 3. The molecule has 0 aromatic heterocycles. The van der Waals surface area contributed by atoms with Crippen LogP contribution in [0.4, 0.5) is 0 Å². The second kappa shape index (κ2) is 19.2. The van der Waals surface area contributed by atoms with Crippen molar-refractivity contribution in [1.29, 1.82) is 0 Å². The Balaban J connectivity index is 2.15. The molecule has 0 radical (unpaired) electrons. The lowest BCUT2D eigenvalue weighted by Crippen LogP contribution is -2.43. The highest BCUT2D eigenvalue weighted by molar-refractivity contribution is 5.87. The maximum Gasteiger partial charge on any atom is 0.335 e. The molecule has 0 aliphatic carbocycles. The van der Waals surface area contributed by atoms with Crippen LogP contribution in [0.2, 0.25) is 0 Å². The van der Waals surface area contributed by atoms with Crippen LogP contribution in [-0.4, -0.2) is 70.0 Å². The molecule has 216 valence electrons. The lowest BCUT2D eigenvalue weighted by molar-refractivity contribution is -0.143. The smallest absolute Gasteiger partial charge is 0.335 e. The summed E-state index contributed by atoms with van der Waals surface area (Å²) in [7, 11) is 0. The van der Waals surface area contributed by atoms with Crippen molar-refractivity contribution in [3.05, 3.63) is 29.8 Å². The number of amides is 2. The van der Waals surface area contributed by atoms with Gasteiger partial charge in [-0.1, -0.05) is 32.1 Å². The molecule has 0 heterocycles. The van der Waals surface area contributed by atoms with E-state index in [-0.39, 0.29) is 37.7 Å². The topological polar surface area (TPSA) is 196 Å². The minimum absolute atomic E-state index is 0.0336. The van der Waals surface area contributed by atoms with Gasteiger partial charge < -0.3 is 35.5 Å². The van der Waals surface area contributed by atoms with Gasteiger partial charge in [-0.15, -0.1) is 0 Å². The molecule has 2 atom stereocenters. The number of nitrogens with one attached hydrogen (secondary N) is 2. The first-order valence-electron chi connectivity index (χ1n) is 13.1. The van der Waals surface area contributed by atoms with Gasteiger partial charge in [-0.05, 0) is 49.9 Å². The highest BCUT2D eigenvalue weighted by Crippen LogP contribution is 2.14. The Hall–Kier alpha value is -3.96. The summed E-state index contributed by atoms with van der Waals surface area (Å²) in [5.74, 6) is -4.02. The van der Waals surface area contributed by atoms with Crippen molar-refractivity contribution in [3.8, 4) is 5.75 Å². The number of carboxylic acids is 3. The second-order valence-electron chi connectivity index (χ2n) is 9.10. The maximum absolute atomic E-state index is 12.1. The van der Waals surface area contributed by atoms with Crippen molar-refractivity contribution < 1.29 is 48.8 Å². The fraction of sp³-hybridized carbons (Fsp3) is 0.556. The molecule has 12 heteroatoms. The van der Waals surface area contributed by atoms with Crippen LogP contribution in [0, 0.1) is 0 Å². The SMILES string of the molecule is O=CCC[C@H](NC(=O)CC[C@H](NC(=O)CCCCCCCCCOc1ccc(C(=O)O)cc1)C(=O)O)C(=O)O. The Morgan fingerprint density at radius 1 is 0.718 bits per heavy atom. The van der Waals surface area contributed by atoms with Crippen molar-refractivity contribution in [2.45, 2.75) is 89.1 Å². The van der Waals surface area contributed by atoms with Crippen molar-refractivity contribution in [1.82, 2.24) is 10.6 Å². The molecule has 5 N–H and O–H groups in total. The van der Waals surface area contributed by atoms with Crippen LogP contribution >= 0.6 is 0 Å². The van der Waals surface area contributed by atoms with Crippen molar-refractivity contribution >= 4 is 36.0 Å². The number of hydrogen-bond donors (Lipinski definition) is 5. The number of hydrogen-bond acceptors (Lipinski definition) is 7. The fourth-order valence-electron chi connectivity index (χ4n) is 3.71. The van der Waals surface area contributed by atoms with Crippen LogP contribution in [0.1, 0.15) is 87.4 Å². The van der Waals surface area contributed by atoms with Crippen LogP contribution in [0.3, 0.4) is 0 Å². The molecule has 1 aromatic rings. The fourth-order valence-corrected chi connectivity index (χ4v) is 3.71. The number of aliphatic carboxylic acids is 2. The summed E-state index contributed by atoms with van der Waals surface area (Å²) in [6.07, 6.45) is 6.33. The molecule has 1 rings (SSSR count). The van der Waals surface area contributed by atoms with E-state index in [1.165, 1.54) is 12.1 Å². The summed E-state index contributed by atoms with van der Waals surface area (Å²) in [6.45, 7) is 0.541. The van der Waals surface area contributed by atoms with Crippen molar-refractivity contribution in [2.24, 2.45) is 0 Å². The lowest BCUT2D eigenvalue weighted by atomic mass is 10.1. The maximum atomic E-state index is 12.1. The predicted molar refractivity (Wildman–Crippen MR) is 139 cm³/mol. The van der Waals surface area contributed by atoms with E-state index in [0.29, 0.717) is 25.1 Å². The van der Waals surface area contributed by atoms with E-state index < -0.39 is 41.8 Å². The third-order valence-corrected chi connectivity index (χ3v) is 5.92.